The van der Waals surface area contributed by atoms with Crippen molar-refractivity contribution in [2.75, 3.05) is 10.0 Å². The summed E-state index contributed by atoms with van der Waals surface area (Å²) in [6.07, 6.45) is -1.15. The molecule has 0 spiro atoms. The largest absolute Gasteiger partial charge is 0.449 e. The fourth-order valence-electron chi connectivity index (χ4n) is 3.18. The van der Waals surface area contributed by atoms with Gasteiger partial charge in [0.25, 0.3) is 15.9 Å². The standard InChI is InChI=1S/C23H18Cl2N4O6S/c1-12(21(30)26-19-10-14(24)4-8-17(19)25)35-22(31)13-2-5-15(6-3-13)29-36(33,34)16-7-9-18-20(11-16)28-23(32)27-18/h2-12,29H,1H3,(H,26,30)(H2,27,28,32)/t12-/m0/s1. The van der Waals surface area contributed by atoms with Crippen LogP contribution in [0.5, 0.6) is 0 Å². The van der Waals surface area contributed by atoms with E-state index in [0.29, 0.717) is 16.1 Å². The van der Waals surface area contributed by atoms with Gasteiger partial charge < -0.3 is 20.0 Å². The lowest BCUT2D eigenvalue weighted by molar-refractivity contribution is -0.123. The van der Waals surface area contributed by atoms with E-state index in [1.807, 2.05) is 0 Å². The molecule has 13 heteroatoms. The summed E-state index contributed by atoms with van der Waals surface area (Å²) in [6, 6.07) is 14.2. The number of hydrogen-bond donors (Lipinski definition) is 4. The fourth-order valence-corrected chi connectivity index (χ4v) is 4.60. The molecule has 0 unspecified atom stereocenters. The first-order valence-electron chi connectivity index (χ1n) is 10.3. The molecule has 3 aromatic carbocycles. The Bertz CT molecular complexity index is 1630. The highest BCUT2D eigenvalue weighted by Gasteiger charge is 2.21. The lowest BCUT2D eigenvalue weighted by Crippen LogP contribution is -2.30. The molecule has 186 valence electrons. The number of ether oxygens (including phenoxy) is 1. The molecule has 0 radical (unpaired) electrons. The van der Waals surface area contributed by atoms with Crippen LogP contribution < -0.4 is 15.7 Å². The van der Waals surface area contributed by atoms with E-state index in [-0.39, 0.29) is 26.9 Å². The predicted octanol–water partition coefficient (Wildman–Crippen LogP) is 4.15. The van der Waals surface area contributed by atoms with Gasteiger partial charge in [0.15, 0.2) is 6.10 Å². The maximum atomic E-state index is 12.7. The minimum absolute atomic E-state index is 0.0617. The van der Waals surface area contributed by atoms with Gasteiger partial charge in [-0.15, -0.1) is 0 Å². The molecule has 4 aromatic rings. The summed E-state index contributed by atoms with van der Waals surface area (Å²) in [4.78, 5) is 41.2. The van der Waals surface area contributed by atoms with E-state index in [4.69, 9.17) is 27.9 Å². The number of aromatic amines is 2. The van der Waals surface area contributed by atoms with Crippen LogP contribution >= 0.6 is 23.2 Å². The molecule has 1 heterocycles. The molecule has 0 saturated carbocycles. The van der Waals surface area contributed by atoms with Crippen molar-refractivity contribution < 1.29 is 22.7 Å². The zero-order chi connectivity index (χ0) is 26.0. The number of hydrogen-bond acceptors (Lipinski definition) is 6. The average Bonchev–Trinajstić information content (AvgIpc) is 3.20. The van der Waals surface area contributed by atoms with Crippen molar-refractivity contribution in [1.29, 1.82) is 0 Å². The van der Waals surface area contributed by atoms with Crippen LogP contribution in [-0.2, 0) is 19.6 Å². The molecule has 36 heavy (non-hydrogen) atoms. The number of amides is 1. The zero-order valence-electron chi connectivity index (χ0n) is 18.5. The first-order valence-corrected chi connectivity index (χ1v) is 12.6. The lowest BCUT2D eigenvalue weighted by atomic mass is 10.2. The van der Waals surface area contributed by atoms with Gasteiger partial charge in [-0.3, -0.25) is 9.52 Å². The normalized spacial score (nSPS) is 12.2. The van der Waals surface area contributed by atoms with Crippen molar-refractivity contribution in [1.82, 2.24) is 9.97 Å². The fraction of sp³-hybridized carbons (Fsp3) is 0.0870. The van der Waals surface area contributed by atoms with Gasteiger partial charge in [-0.2, -0.15) is 0 Å². The molecule has 0 fully saturated rings. The topological polar surface area (TPSA) is 150 Å². The van der Waals surface area contributed by atoms with E-state index in [1.165, 1.54) is 61.5 Å². The predicted molar refractivity (Wildman–Crippen MR) is 136 cm³/mol. The van der Waals surface area contributed by atoms with Crippen LogP contribution in [-0.4, -0.2) is 36.4 Å². The van der Waals surface area contributed by atoms with Crippen LogP contribution in [0.15, 0.2) is 70.4 Å². The van der Waals surface area contributed by atoms with Crippen molar-refractivity contribution in [3.63, 3.8) is 0 Å². The molecule has 4 N–H and O–H groups in total. The van der Waals surface area contributed by atoms with Crippen LogP contribution in [0.25, 0.3) is 11.0 Å². The lowest BCUT2D eigenvalue weighted by Gasteiger charge is -2.15. The molecule has 0 aliphatic heterocycles. The Morgan fingerprint density at radius 2 is 1.64 bits per heavy atom. The molecule has 0 bridgehead atoms. The van der Waals surface area contributed by atoms with E-state index in [9.17, 15) is 22.8 Å². The van der Waals surface area contributed by atoms with Gasteiger partial charge in [-0.1, -0.05) is 23.2 Å². The van der Waals surface area contributed by atoms with Crippen LogP contribution in [0.1, 0.15) is 17.3 Å². The minimum Gasteiger partial charge on any atom is -0.449 e. The molecule has 0 aliphatic rings. The molecule has 0 saturated heterocycles. The summed E-state index contributed by atoms with van der Waals surface area (Å²) in [5, 5.41) is 3.18. The van der Waals surface area contributed by atoms with Crippen molar-refractivity contribution >= 4 is 67.5 Å². The molecule has 0 aliphatic carbocycles. The van der Waals surface area contributed by atoms with Crippen molar-refractivity contribution in [3.05, 3.63) is 86.8 Å². The zero-order valence-corrected chi connectivity index (χ0v) is 20.8. The van der Waals surface area contributed by atoms with E-state index < -0.39 is 33.7 Å². The van der Waals surface area contributed by atoms with Gasteiger partial charge >= 0.3 is 11.7 Å². The summed E-state index contributed by atoms with van der Waals surface area (Å²) in [6.45, 7) is 1.39. The number of sulfonamides is 1. The Hall–Kier alpha value is -3.80. The first kappa shape index (κ1) is 25.3. The summed E-state index contributed by atoms with van der Waals surface area (Å²) in [7, 11) is -3.97. The number of halogens is 2. The summed E-state index contributed by atoms with van der Waals surface area (Å²) >= 11 is 11.9. The molecule has 1 atom stereocenters. The van der Waals surface area contributed by atoms with Crippen LogP contribution in [0, 0.1) is 0 Å². The van der Waals surface area contributed by atoms with Crippen LogP contribution in [0.3, 0.4) is 0 Å². The third kappa shape index (κ3) is 5.70. The number of anilines is 2. The number of imidazole rings is 1. The van der Waals surface area contributed by atoms with Crippen molar-refractivity contribution in [2.24, 2.45) is 0 Å². The molecule has 4 rings (SSSR count). The Morgan fingerprint density at radius 1 is 0.944 bits per heavy atom. The number of nitrogens with one attached hydrogen (secondary N) is 4. The molecule has 1 amide bonds. The maximum absolute atomic E-state index is 12.7. The second-order valence-corrected chi connectivity index (χ2v) is 10.2. The summed E-state index contributed by atoms with van der Waals surface area (Å²) in [5.74, 6) is -1.40. The van der Waals surface area contributed by atoms with Gasteiger partial charge in [0.1, 0.15) is 0 Å². The monoisotopic (exact) mass is 548 g/mol. The highest BCUT2D eigenvalue weighted by atomic mass is 35.5. The number of esters is 1. The second-order valence-electron chi connectivity index (χ2n) is 7.63. The Kier molecular flexibility index (Phi) is 7.07. The molecular formula is C23H18Cl2N4O6S. The number of benzene rings is 3. The second kappa shape index (κ2) is 10.1. The van der Waals surface area contributed by atoms with Crippen LogP contribution in [0.4, 0.5) is 11.4 Å². The summed E-state index contributed by atoms with van der Waals surface area (Å²) in [5.41, 5.74) is 0.934. The van der Waals surface area contributed by atoms with Gasteiger partial charge in [-0.25, -0.2) is 18.0 Å². The van der Waals surface area contributed by atoms with Gasteiger partial charge in [0.2, 0.25) is 0 Å². The highest BCUT2D eigenvalue weighted by Crippen LogP contribution is 2.26. The number of H-pyrrole nitrogens is 2. The third-order valence-corrected chi connectivity index (χ3v) is 6.95. The molecule has 1 aromatic heterocycles. The van der Waals surface area contributed by atoms with Crippen molar-refractivity contribution in [3.8, 4) is 0 Å². The Labute approximate surface area is 214 Å². The SMILES string of the molecule is C[C@H](OC(=O)c1ccc(NS(=O)(=O)c2ccc3[nH]c(=O)[nH]c3c2)cc1)C(=O)Nc1cc(Cl)ccc1Cl. The van der Waals surface area contributed by atoms with E-state index in [2.05, 4.69) is 20.0 Å². The average molecular weight is 549 g/mol. The minimum atomic E-state index is -3.97. The van der Waals surface area contributed by atoms with E-state index >= 15 is 0 Å². The smallest absolute Gasteiger partial charge is 0.338 e. The Morgan fingerprint density at radius 3 is 2.36 bits per heavy atom. The van der Waals surface area contributed by atoms with E-state index in [1.54, 1.807) is 6.07 Å². The van der Waals surface area contributed by atoms with Gasteiger partial charge in [0.05, 0.1) is 32.2 Å². The van der Waals surface area contributed by atoms with Gasteiger partial charge in [0, 0.05) is 10.7 Å². The number of fused-ring (bicyclic) bond motifs is 1. The first-order chi connectivity index (χ1) is 17.0. The number of aromatic nitrogens is 2. The van der Waals surface area contributed by atoms with Gasteiger partial charge in [-0.05, 0) is 67.6 Å². The van der Waals surface area contributed by atoms with E-state index in [0.717, 1.165) is 0 Å². The maximum Gasteiger partial charge on any atom is 0.338 e. The third-order valence-electron chi connectivity index (χ3n) is 5.01. The summed E-state index contributed by atoms with van der Waals surface area (Å²) < 4.78 is 33.0. The number of carbonyl (C=O) groups excluding carboxylic acids is 2. The quantitative estimate of drug-likeness (QED) is 0.255. The number of rotatable bonds is 7. The van der Waals surface area contributed by atoms with Crippen LogP contribution in [0.2, 0.25) is 10.0 Å². The number of carbonyl (C=O) groups is 2. The Balaban J connectivity index is 1.40. The molecular weight excluding hydrogens is 531 g/mol. The molecule has 10 nitrogen and oxygen atoms in total. The van der Waals surface area contributed by atoms with Crippen molar-refractivity contribution in [2.45, 2.75) is 17.9 Å². The highest BCUT2D eigenvalue weighted by molar-refractivity contribution is 7.92.